The van der Waals surface area contributed by atoms with E-state index in [1.807, 2.05) is 21.1 Å². The molecule has 0 saturated carbocycles. The molecule has 0 bridgehead atoms. The lowest BCUT2D eigenvalue weighted by atomic mass is 10.1. The summed E-state index contributed by atoms with van der Waals surface area (Å²) >= 11 is 0. The summed E-state index contributed by atoms with van der Waals surface area (Å²) in [5.74, 6) is -3.34. The van der Waals surface area contributed by atoms with Gasteiger partial charge in [-0.25, -0.2) is 0 Å². The summed E-state index contributed by atoms with van der Waals surface area (Å²) in [7, 11) is 5.45. The molecule has 0 aliphatic carbocycles. The van der Waals surface area contributed by atoms with E-state index in [1.54, 1.807) is 0 Å². The Morgan fingerprint density at radius 2 is 0.738 bits per heavy atom. The van der Waals surface area contributed by atoms with E-state index in [4.69, 9.17) is 0 Å². The van der Waals surface area contributed by atoms with E-state index in [-0.39, 0.29) is 0 Å². The highest BCUT2D eigenvalue weighted by atomic mass is 16.2. The molecule has 15 nitrogen and oxygen atoms in total. The van der Waals surface area contributed by atoms with Crippen molar-refractivity contribution in [1.82, 2.24) is 47.9 Å². The molecule has 0 radical (unpaired) electrons. The second-order valence-electron chi connectivity index (χ2n) is 10.3. The Bertz CT molecular complexity index is 764. The van der Waals surface area contributed by atoms with E-state index in [0.29, 0.717) is 38.5 Å². The summed E-state index contributed by atoms with van der Waals surface area (Å²) in [4.78, 5) is 76.8. The Hall–Kier alpha value is -3.30. The van der Waals surface area contributed by atoms with Gasteiger partial charge in [-0.05, 0) is 98.6 Å². The van der Waals surface area contributed by atoms with Crippen molar-refractivity contribution in [1.29, 1.82) is 0 Å². The third kappa shape index (κ3) is 16.2. The molecule has 1 fully saturated rings. The smallest absolute Gasteiger partial charge is 0.243 e. The summed E-state index contributed by atoms with van der Waals surface area (Å²) in [6.07, 6.45) is 5.19. The van der Waals surface area contributed by atoms with E-state index in [1.165, 1.54) is 0 Å². The van der Waals surface area contributed by atoms with Crippen molar-refractivity contribution in [3.63, 3.8) is 0 Å². The van der Waals surface area contributed by atoms with Gasteiger partial charge in [-0.3, -0.25) is 28.8 Å². The molecule has 1 heterocycles. The van der Waals surface area contributed by atoms with Gasteiger partial charge in [0.2, 0.25) is 35.4 Å². The Labute approximate surface area is 248 Å². The van der Waals surface area contributed by atoms with E-state index in [2.05, 4.69) is 47.9 Å². The van der Waals surface area contributed by atoms with Crippen LogP contribution >= 0.6 is 0 Å². The zero-order valence-electron chi connectivity index (χ0n) is 25.3. The first kappa shape index (κ1) is 36.7. The van der Waals surface area contributed by atoms with Crippen LogP contribution in [0.15, 0.2) is 0 Å². The maximum absolute atomic E-state index is 12.9. The third-order valence-corrected chi connectivity index (χ3v) is 6.73. The van der Waals surface area contributed by atoms with Gasteiger partial charge in [0, 0.05) is 0 Å². The molecule has 1 aliphatic rings. The molecule has 1 rings (SSSR count). The van der Waals surface area contributed by atoms with Gasteiger partial charge in [-0.2, -0.15) is 0 Å². The number of amides is 6. The van der Waals surface area contributed by atoms with Crippen LogP contribution in [0.2, 0.25) is 0 Å². The van der Waals surface area contributed by atoms with Crippen molar-refractivity contribution in [2.24, 2.45) is 0 Å². The Morgan fingerprint density at radius 3 is 0.976 bits per heavy atom. The van der Waals surface area contributed by atoms with E-state index in [9.17, 15) is 28.8 Å². The maximum atomic E-state index is 12.9. The number of carbonyl (C=O) groups excluding carboxylic acids is 6. The standard InChI is InChI=1S/C27H51N9O6/c1-28-13-7-4-10-19-25(40)31-17-23(38)35-21(12-6-9-15-30-3)27(42)33-18-24(39)36-20(11-5-8-14-29-2)26(41)32-16-22(37)34-19/h19-21,28-30H,4-18H2,1-3H3,(H,31,40)(H,32,41)(H,33,42)(H,34,37)(H,35,38)(H,36,39)/t19-,20-,21?/m0/s1. The van der Waals surface area contributed by atoms with Crippen molar-refractivity contribution in [3.8, 4) is 0 Å². The molecule has 0 aromatic heterocycles. The number of hydrogen-bond acceptors (Lipinski definition) is 9. The number of nitrogens with one attached hydrogen (secondary N) is 9. The van der Waals surface area contributed by atoms with E-state index in [0.717, 1.165) is 38.9 Å². The third-order valence-electron chi connectivity index (χ3n) is 6.73. The van der Waals surface area contributed by atoms with Crippen LogP contribution in [0, 0.1) is 0 Å². The molecule has 1 aliphatic heterocycles. The molecule has 15 heteroatoms. The van der Waals surface area contributed by atoms with Crippen molar-refractivity contribution in [2.75, 3.05) is 60.4 Å². The van der Waals surface area contributed by atoms with Crippen LogP contribution in [-0.4, -0.2) is 114 Å². The largest absolute Gasteiger partial charge is 0.345 e. The van der Waals surface area contributed by atoms with Crippen molar-refractivity contribution >= 4 is 35.4 Å². The molecule has 1 saturated heterocycles. The fourth-order valence-electron chi connectivity index (χ4n) is 4.37. The Kier molecular flexibility index (Phi) is 19.5. The zero-order chi connectivity index (χ0) is 31.2. The first-order valence-electron chi connectivity index (χ1n) is 14.9. The summed E-state index contributed by atoms with van der Waals surface area (Å²) < 4.78 is 0. The fourth-order valence-corrected chi connectivity index (χ4v) is 4.37. The fraction of sp³-hybridized carbons (Fsp3) is 0.778. The molecule has 240 valence electrons. The summed E-state index contributed by atoms with van der Waals surface area (Å²) in [6.45, 7) is 1.03. The average molecular weight is 598 g/mol. The molecule has 9 N–H and O–H groups in total. The lowest BCUT2D eigenvalue weighted by molar-refractivity contribution is -0.133. The SMILES string of the molecule is CNCCCCC1NC(=O)CNC(=O)[C@H](CCCCNC)NC(=O)CNC(=O)[C@H](CCCCNC)NC(=O)CNC1=O. The zero-order valence-corrected chi connectivity index (χ0v) is 25.3. The molecule has 0 aromatic carbocycles. The van der Waals surface area contributed by atoms with Crippen molar-refractivity contribution in [2.45, 2.75) is 75.9 Å². The van der Waals surface area contributed by atoms with Crippen molar-refractivity contribution < 1.29 is 28.8 Å². The number of hydrogen-bond donors (Lipinski definition) is 9. The molecular weight excluding hydrogens is 546 g/mol. The van der Waals surface area contributed by atoms with E-state index < -0.39 is 73.2 Å². The van der Waals surface area contributed by atoms with Gasteiger partial charge in [0.1, 0.15) is 18.1 Å². The van der Waals surface area contributed by atoms with Gasteiger partial charge in [-0.15, -0.1) is 0 Å². The summed E-state index contributed by atoms with van der Waals surface area (Å²) in [6, 6.07) is -2.76. The minimum absolute atomic E-state index is 0.329. The van der Waals surface area contributed by atoms with Gasteiger partial charge in [-0.1, -0.05) is 0 Å². The highest BCUT2D eigenvalue weighted by Crippen LogP contribution is 2.04. The molecule has 3 atom stereocenters. The Balaban J connectivity index is 3.09. The number of rotatable bonds is 15. The molecule has 0 aromatic rings. The molecule has 42 heavy (non-hydrogen) atoms. The van der Waals surface area contributed by atoms with Crippen LogP contribution in [0.25, 0.3) is 0 Å². The summed E-state index contributed by atoms with van der Waals surface area (Å²) in [5, 5.41) is 24.6. The van der Waals surface area contributed by atoms with Gasteiger partial charge in [0.15, 0.2) is 0 Å². The second kappa shape index (κ2) is 22.3. The minimum Gasteiger partial charge on any atom is -0.345 e. The van der Waals surface area contributed by atoms with Gasteiger partial charge in [0.25, 0.3) is 0 Å². The molecule has 0 spiro atoms. The predicted octanol–water partition coefficient (Wildman–Crippen LogP) is -3.03. The molecule has 1 unspecified atom stereocenters. The first-order chi connectivity index (χ1) is 20.2. The van der Waals surface area contributed by atoms with Crippen LogP contribution in [-0.2, 0) is 28.8 Å². The Morgan fingerprint density at radius 1 is 0.476 bits per heavy atom. The predicted molar refractivity (Wildman–Crippen MR) is 158 cm³/mol. The maximum Gasteiger partial charge on any atom is 0.243 e. The van der Waals surface area contributed by atoms with Crippen molar-refractivity contribution in [3.05, 3.63) is 0 Å². The highest BCUT2D eigenvalue weighted by Gasteiger charge is 2.26. The number of unbranched alkanes of at least 4 members (excludes halogenated alkanes) is 3. The van der Waals surface area contributed by atoms with Crippen LogP contribution in [0.1, 0.15) is 57.8 Å². The van der Waals surface area contributed by atoms with Gasteiger partial charge < -0.3 is 47.9 Å². The first-order valence-corrected chi connectivity index (χ1v) is 14.9. The van der Waals surface area contributed by atoms with Crippen LogP contribution in [0.5, 0.6) is 0 Å². The minimum atomic E-state index is -0.921. The van der Waals surface area contributed by atoms with Gasteiger partial charge in [0.05, 0.1) is 19.6 Å². The van der Waals surface area contributed by atoms with E-state index >= 15 is 0 Å². The molecular formula is C27H51N9O6. The lowest BCUT2D eigenvalue weighted by Gasteiger charge is -2.22. The van der Waals surface area contributed by atoms with Crippen LogP contribution in [0.4, 0.5) is 0 Å². The molecule has 6 amide bonds. The summed E-state index contributed by atoms with van der Waals surface area (Å²) in [5.41, 5.74) is 0. The second-order valence-corrected chi connectivity index (χ2v) is 10.3. The van der Waals surface area contributed by atoms with Crippen LogP contribution < -0.4 is 47.9 Å². The van der Waals surface area contributed by atoms with Crippen LogP contribution in [0.3, 0.4) is 0 Å². The quantitative estimate of drug-likeness (QED) is 0.0878. The monoisotopic (exact) mass is 597 g/mol. The van der Waals surface area contributed by atoms with Gasteiger partial charge >= 0.3 is 0 Å². The lowest BCUT2D eigenvalue weighted by Crippen LogP contribution is -2.56. The normalized spacial score (nSPS) is 21.6. The average Bonchev–Trinajstić information content (AvgIpc) is 2.97. The number of carbonyl (C=O) groups is 6. The topological polar surface area (TPSA) is 211 Å². The highest BCUT2D eigenvalue weighted by molar-refractivity contribution is 5.95.